The Kier molecular flexibility index (Phi) is 4.15. The van der Waals surface area contributed by atoms with Gasteiger partial charge in [-0.2, -0.15) is 0 Å². The second-order valence-corrected chi connectivity index (χ2v) is 5.57. The molecule has 0 saturated carbocycles. The highest BCUT2D eigenvalue weighted by molar-refractivity contribution is 7.15. The van der Waals surface area contributed by atoms with Gasteiger partial charge in [-0.25, -0.2) is 14.1 Å². The zero-order chi connectivity index (χ0) is 15.4. The first-order valence-electron chi connectivity index (χ1n) is 6.39. The van der Waals surface area contributed by atoms with Crippen LogP contribution in [0.25, 0.3) is 0 Å². The minimum atomic E-state index is -0.279. The second kappa shape index (κ2) is 6.39. The average molecular weight is 318 g/mol. The van der Waals surface area contributed by atoms with Crippen molar-refractivity contribution in [2.45, 2.75) is 13.0 Å². The number of hydrogen-bond donors (Lipinski definition) is 1. The van der Waals surface area contributed by atoms with Crippen LogP contribution in [0.5, 0.6) is 0 Å². The van der Waals surface area contributed by atoms with Gasteiger partial charge in [0, 0.05) is 17.5 Å². The smallest absolute Gasteiger partial charge is 0.248 e. The van der Waals surface area contributed by atoms with Crippen molar-refractivity contribution in [3.63, 3.8) is 0 Å². The number of carbonyl (C=O) groups excluding carboxylic acids is 1. The Bertz CT molecular complexity index is 772. The molecule has 0 radical (unpaired) electrons. The van der Waals surface area contributed by atoms with Gasteiger partial charge < -0.3 is 5.32 Å². The number of carbonyl (C=O) groups is 1. The lowest BCUT2D eigenvalue weighted by molar-refractivity contribution is -0.116. The lowest BCUT2D eigenvalue weighted by Gasteiger charge is -2.00. The molecule has 7 nitrogen and oxygen atoms in total. The molecule has 0 aliphatic carbocycles. The summed E-state index contributed by atoms with van der Waals surface area (Å²) in [7, 11) is 0. The van der Waals surface area contributed by atoms with Crippen LogP contribution in [0, 0.1) is 5.82 Å². The van der Waals surface area contributed by atoms with Crippen molar-refractivity contribution in [2.75, 3.05) is 5.32 Å². The fourth-order valence-corrected chi connectivity index (χ4v) is 2.69. The molecule has 9 heteroatoms. The third-order valence-corrected chi connectivity index (χ3v) is 3.73. The quantitative estimate of drug-likeness (QED) is 0.770. The molecule has 3 aromatic rings. The van der Waals surface area contributed by atoms with Crippen molar-refractivity contribution < 1.29 is 9.18 Å². The molecule has 0 unspecified atom stereocenters. The van der Waals surface area contributed by atoms with Gasteiger partial charge in [-0.1, -0.05) is 18.2 Å². The van der Waals surface area contributed by atoms with Crippen molar-refractivity contribution in [1.82, 2.24) is 25.2 Å². The van der Waals surface area contributed by atoms with Gasteiger partial charge in [-0.05, 0) is 22.1 Å². The lowest BCUT2D eigenvalue weighted by atomic mass is 10.1. The van der Waals surface area contributed by atoms with Crippen LogP contribution in [0.15, 0.2) is 36.8 Å². The lowest BCUT2D eigenvalue weighted by Crippen LogP contribution is -2.18. The highest BCUT2D eigenvalue weighted by Crippen LogP contribution is 2.22. The zero-order valence-electron chi connectivity index (χ0n) is 11.3. The van der Waals surface area contributed by atoms with Gasteiger partial charge in [-0.15, -0.1) is 16.4 Å². The summed E-state index contributed by atoms with van der Waals surface area (Å²) in [5, 5.41) is 13.6. The van der Waals surface area contributed by atoms with Crippen molar-refractivity contribution in [3.05, 3.63) is 53.0 Å². The molecule has 0 spiro atoms. The standard InChI is InChI=1S/C13H11FN6OS/c14-11-4-2-1-3-9(11)5-10-6-15-13(22-10)17-12(21)7-20-8-16-18-19-20/h1-4,6,8H,5,7H2,(H,15,17,21). The highest BCUT2D eigenvalue weighted by atomic mass is 32.1. The molecule has 0 aliphatic heterocycles. The maximum absolute atomic E-state index is 13.6. The number of amides is 1. The number of tetrazole rings is 1. The summed E-state index contributed by atoms with van der Waals surface area (Å²) >= 11 is 1.31. The maximum atomic E-state index is 13.6. The molecule has 0 aliphatic rings. The summed E-state index contributed by atoms with van der Waals surface area (Å²) < 4.78 is 14.9. The molecule has 2 heterocycles. The SMILES string of the molecule is O=C(Cn1cnnn1)Nc1ncc(Cc2ccccc2F)s1. The number of aromatic nitrogens is 5. The molecule has 0 bridgehead atoms. The van der Waals surface area contributed by atoms with E-state index in [1.807, 2.05) is 0 Å². The minimum absolute atomic E-state index is 0.00915. The summed E-state index contributed by atoms with van der Waals surface area (Å²) in [4.78, 5) is 16.8. The Morgan fingerprint density at radius 1 is 1.36 bits per heavy atom. The first-order chi connectivity index (χ1) is 10.7. The Labute approximate surface area is 128 Å². The number of halogens is 1. The second-order valence-electron chi connectivity index (χ2n) is 4.46. The molecule has 0 fully saturated rings. The van der Waals surface area contributed by atoms with Crippen molar-refractivity contribution in [3.8, 4) is 0 Å². The van der Waals surface area contributed by atoms with Crippen molar-refractivity contribution >= 4 is 22.4 Å². The molecule has 2 aromatic heterocycles. The van der Waals surface area contributed by atoms with E-state index in [4.69, 9.17) is 0 Å². The molecular weight excluding hydrogens is 307 g/mol. The topological polar surface area (TPSA) is 85.6 Å². The van der Waals surface area contributed by atoms with E-state index >= 15 is 0 Å². The first-order valence-corrected chi connectivity index (χ1v) is 7.21. The van der Waals surface area contributed by atoms with Crippen molar-refractivity contribution in [2.24, 2.45) is 0 Å². The maximum Gasteiger partial charge on any atom is 0.248 e. The summed E-state index contributed by atoms with van der Waals surface area (Å²) in [6, 6.07) is 6.58. The number of anilines is 1. The number of nitrogens with one attached hydrogen (secondary N) is 1. The predicted molar refractivity (Wildman–Crippen MR) is 77.8 cm³/mol. The molecular formula is C13H11FN6OS. The zero-order valence-corrected chi connectivity index (χ0v) is 12.1. The molecule has 3 rings (SSSR count). The van der Waals surface area contributed by atoms with Gasteiger partial charge in [-0.3, -0.25) is 4.79 Å². The minimum Gasteiger partial charge on any atom is -0.300 e. The van der Waals surface area contributed by atoms with E-state index in [-0.39, 0.29) is 18.3 Å². The van der Waals surface area contributed by atoms with Crippen molar-refractivity contribution in [1.29, 1.82) is 0 Å². The number of benzene rings is 1. The fraction of sp³-hybridized carbons (Fsp3) is 0.154. The van der Waals surface area contributed by atoms with Gasteiger partial charge in [0.15, 0.2) is 5.13 Å². The molecule has 1 amide bonds. The Hall–Kier alpha value is -2.68. The third-order valence-electron chi connectivity index (χ3n) is 2.82. The molecule has 0 atom stereocenters. The third kappa shape index (κ3) is 3.50. The van der Waals surface area contributed by atoms with Gasteiger partial charge in [0.2, 0.25) is 5.91 Å². The Morgan fingerprint density at radius 3 is 3.00 bits per heavy atom. The number of rotatable bonds is 5. The Balaban J connectivity index is 1.61. The van der Waals surface area contributed by atoms with E-state index in [2.05, 4.69) is 25.8 Å². The van der Waals surface area contributed by atoms with Crippen LogP contribution in [0.3, 0.4) is 0 Å². The van der Waals surface area contributed by atoms with E-state index in [9.17, 15) is 9.18 Å². The largest absolute Gasteiger partial charge is 0.300 e. The van der Waals surface area contributed by atoms with E-state index in [0.717, 1.165) is 4.88 Å². The van der Waals surface area contributed by atoms with Crippen LogP contribution >= 0.6 is 11.3 Å². The average Bonchev–Trinajstić information content (AvgIpc) is 3.14. The van der Waals surface area contributed by atoms with E-state index in [0.29, 0.717) is 17.1 Å². The van der Waals surface area contributed by atoms with Crippen LogP contribution in [-0.2, 0) is 17.8 Å². The van der Waals surface area contributed by atoms with Crippen LogP contribution < -0.4 is 5.32 Å². The fourth-order valence-electron chi connectivity index (χ4n) is 1.84. The number of thiazole rings is 1. The molecule has 0 saturated heterocycles. The first kappa shape index (κ1) is 14.3. The predicted octanol–water partition coefficient (Wildman–Crippen LogP) is 1.50. The van der Waals surface area contributed by atoms with Gasteiger partial charge in [0.05, 0.1) is 0 Å². The molecule has 22 heavy (non-hydrogen) atoms. The Morgan fingerprint density at radius 2 is 2.23 bits per heavy atom. The number of nitrogens with zero attached hydrogens (tertiary/aromatic N) is 5. The van der Waals surface area contributed by atoms with Gasteiger partial charge >= 0.3 is 0 Å². The normalized spacial score (nSPS) is 10.6. The van der Waals surface area contributed by atoms with Gasteiger partial charge in [0.1, 0.15) is 18.7 Å². The van der Waals surface area contributed by atoms with Crippen LogP contribution in [0.2, 0.25) is 0 Å². The van der Waals surface area contributed by atoms with Crippen LogP contribution in [0.1, 0.15) is 10.4 Å². The summed E-state index contributed by atoms with van der Waals surface area (Å²) in [6.07, 6.45) is 3.42. The molecule has 1 aromatic carbocycles. The van der Waals surface area contributed by atoms with Crippen LogP contribution in [-0.4, -0.2) is 31.1 Å². The summed E-state index contributed by atoms with van der Waals surface area (Å²) in [5.74, 6) is -0.528. The number of hydrogen-bond acceptors (Lipinski definition) is 6. The molecule has 112 valence electrons. The van der Waals surface area contributed by atoms with E-state index in [1.54, 1.807) is 24.4 Å². The van der Waals surface area contributed by atoms with Crippen LogP contribution in [0.4, 0.5) is 9.52 Å². The van der Waals surface area contributed by atoms with E-state index < -0.39 is 0 Å². The van der Waals surface area contributed by atoms with Gasteiger partial charge in [0.25, 0.3) is 0 Å². The monoisotopic (exact) mass is 318 g/mol. The van der Waals surface area contributed by atoms with E-state index in [1.165, 1.54) is 28.4 Å². The molecule has 1 N–H and O–H groups in total. The highest BCUT2D eigenvalue weighted by Gasteiger charge is 2.10. The summed E-state index contributed by atoms with van der Waals surface area (Å²) in [6.45, 7) is 0.00915. The summed E-state index contributed by atoms with van der Waals surface area (Å²) in [5.41, 5.74) is 0.595.